The van der Waals surface area contributed by atoms with Crippen molar-refractivity contribution in [2.75, 3.05) is 0 Å². The van der Waals surface area contributed by atoms with Gasteiger partial charge in [0, 0.05) is 19.0 Å². The van der Waals surface area contributed by atoms with Crippen molar-refractivity contribution in [3.8, 4) is 12.1 Å². The van der Waals surface area contributed by atoms with Crippen molar-refractivity contribution in [2.45, 2.75) is 12.8 Å². The van der Waals surface area contributed by atoms with Gasteiger partial charge in [-0.05, 0) is 6.08 Å². The van der Waals surface area contributed by atoms with E-state index in [0.29, 0.717) is 24.1 Å². The van der Waals surface area contributed by atoms with Gasteiger partial charge in [0.25, 0.3) is 0 Å². The molecular weight excluding hydrogens is 176 g/mol. The van der Waals surface area contributed by atoms with Gasteiger partial charge in [0.1, 0.15) is 11.8 Å². The predicted octanol–water partition coefficient (Wildman–Crippen LogP) is 1.49. The maximum Gasteiger partial charge on any atom is 0.137 e. The van der Waals surface area contributed by atoms with Crippen molar-refractivity contribution in [2.24, 2.45) is 9.98 Å². The predicted molar refractivity (Wildman–Crippen MR) is 51.5 cm³/mol. The lowest BCUT2D eigenvalue weighted by atomic mass is 10.1. The van der Waals surface area contributed by atoms with E-state index in [1.54, 1.807) is 12.3 Å². The van der Waals surface area contributed by atoms with Crippen LogP contribution in [0.4, 0.5) is 0 Å². The van der Waals surface area contributed by atoms with Crippen molar-refractivity contribution in [1.82, 2.24) is 0 Å². The molecule has 2 heterocycles. The first-order valence-electron chi connectivity index (χ1n) is 4.17. The van der Waals surface area contributed by atoms with Gasteiger partial charge in [-0.3, -0.25) is 4.99 Å². The zero-order valence-electron chi connectivity index (χ0n) is 7.36. The summed E-state index contributed by atoms with van der Waals surface area (Å²) in [5.41, 5.74) is 2.70. The summed E-state index contributed by atoms with van der Waals surface area (Å²) >= 11 is 0. The number of nitrogens with zero attached hydrogens (tertiary/aromatic N) is 4. The minimum atomic E-state index is 0.438. The van der Waals surface area contributed by atoms with Crippen molar-refractivity contribution in [1.29, 1.82) is 10.5 Å². The van der Waals surface area contributed by atoms with Gasteiger partial charge in [0.15, 0.2) is 0 Å². The van der Waals surface area contributed by atoms with Crippen LogP contribution < -0.4 is 0 Å². The summed E-state index contributed by atoms with van der Waals surface area (Å²) in [5, 5.41) is 17.2. The number of hydrogen-bond acceptors (Lipinski definition) is 4. The summed E-state index contributed by atoms with van der Waals surface area (Å²) in [5.74, 6) is 0. The van der Waals surface area contributed by atoms with Crippen molar-refractivity contribution in [3.05, 3.63) is 23.5 Å². The second-order valence-electron chi connectivity index (χ2n) is 2.98. The van der Waals surface area contributed by atoms with E-state index >= 15 is 0 Å². The van der Waals surface area contributed by atoms with Crippen LogP contribution in [0, 0.1) is 22.7 Å². The van der Waals surface area contributed by atoms with Crippen LogP contribution in [-0.4, -0.2) is 11.4 Å². The molecule has 0 aromatic rings. The topological polar surface area (TPSA) is 72.3 Å². The minimum absolute atomic E-state index is 0.438. The lowest BCUT2D eigenvalue weighted by Gasteiger charge is -1.96. The average Bonchev–Trinajstić information content (AvgIpc) is 2.86. The molecule has 0 radical (unpaired) electrons. The molecular formula is C10H6N4. The average molecular weight is 182 g/mol. The molecule has 4 nitrogen and oxygen atoms in total. The van der Waals surface area contributed by atoms with Gasteiger partial charge >= 0.3 is 0 Å². The van der Waals surface area contributed by atoms with Crippen LogP contribution in [0.2, 0.25) is 0 Å². The maximum atomic E-state index is 8.63. The van der Waals surface area contributed by atoms with E-state index in [1.165, 1.54) is 0 Å². The molecule has 0 aromatic heterocycles. The summed E-state index contributed by atoms with van der Waals surface area (Å²) in [7, 11) is 0. The molecule has 4 heteroatoms. The largest absolute Gasteiger partial charge is 0.258 e. The molecule has 0 aliphatic carbocycles. The lowest BCUT2D eigenvalue weighted by Crippen LogP contribution is -2.09. The van der Waals surface area contributed by atoms with Gasteiger partial charge in [0.2, 0.25) is 0 Å². The van der Waals surface area contributed by atoms with Gasteiger partial charge in [0.05, 0.1) is 23.1 Å². The van der Waals surface area contributed by atoms with Crippen LogP contribution in [0.1, 0.15) is 12.8 Å². The molecule has 0 spiro atoms. The van der Waals surface area contributed by atoms with Gasteiger partial charge in [-0.1, -0.05) is 0 Å². The summed E-state index contributed by atoms with van der Waals surface area (Å²) in [6.07, 6.45) is 4.51. The minimum Gasteiger partial charge on any atom is -0.258 e. The zero-order chi connectivity index (χ0) is 9.97. The van der Waals surface area contributed by atoms with Crippen molar-refractivity contribution >= 4 is 11.4 Å². The third-order valence-electron chi connectivity index (χ3n) is 2.07. The highest BCUT2D eigenvalue weighted by Crippen LogP contribution is 2.17. The fraction of sp³-hybridized carbons (Fsp3) is 0.200. The maximum absolute atomic E-state index is 8.63. The Labute approximate surface area is 81.2 Å². The van der Waals surface area contributed by atoms with Gasteiger partial charge in [-0.25, -0.2) is 4.99 Å². The Hall–Kier alpha value is -2.20. The number of hydrogen-bond donors (Lipinski definition) is 0. The number of allylic oxidation sites excluding steroid dienone is 3. The van der Waals surface area contributed by atoms with Gasteiger partial charge in [-0.15, -0.1) is 0 Å². The molecule has 0 unspecified atom stereocenters. The Morgan fingerprint density at radius 3 is 2.64 bits per heavy atom. The molecule has 2 aliphatic rings. The first-order valence-corrected chi connectivity index (χ1v) is 4.17. The molecule has 0 amide bonds. The molecule has 0 N–H and O–H groups in total. The molecule has 0 saturated heterocycles. The highest BCUT2D eigenvalue weighted by Gasteiger charge is 2.18. The third kappa shape index (κ3) is 1.34. The van der Waals surface area contributed by atoms with Crippen LogP contribution in [-0.2, 0) is 0 Å². The first kappa shape index (κ1) is 8.40. The fourth-order valence-electron chi connectivity index (χ4n) is 1.36. The molecule has 66 valence electrons. The quantitative estimate of drug-likeness (QED) is 0.616. The number of rotatable bonds is 1. The molecule has 2 aliphatic heterocycles. The van der Waals surface area contributed by atoms with E-state index < -0.39 is 0 Å². The van der Waals surface area contributed by atoms with Crippen molar-refractivity contribution in [3.63, 3.8) is 0 Å². The van der Waals surface area contributed by atoms with Crippen LogP contribution in [0.25, 0.3) is 0 Å². The van der Waals surface area contributed by atoms with Gasteiger partial charge < -0.3 is 0 Å². The van der Waals surface area contributed by atoms with Crippen LogP contribution in [0.5, 0.6) is 0 Å². The number of aliphatic imine (C=N–C) groups is 2. The zero-order valence-corrected chi connectivity index (χ0v) is 7.36. The Balaban J connectivity index is 2.11. The van der Waals surface area contributed by atoms with Crippen LogP contribution in [0.15, 0.2) is 33.5 Å². The van der Waals surface area contributed by atoms with E-state index in [4.69, 9.17) is 10.5 Å². The molecule has 0 atom stereocenters. The summed E-state index contributed by atoms with van der Waals surface area (Å²) in [6, 6.07) is 4.03. The second kappa shape index (κ2) is 3.27. The fourth-order valence-corrected chi connectivity index (χ4v) is 1.36. The Morgan fingerprint density at radius 1 is 1.21 bits per heavy atom. The summed E-state index contributed by atoms with van der Waals surface area (Å²) < 4.78 is 0. The molecule has 0 saturated carbocycles. The molecule has 2 rings (SSSR count). The van der Waals surface area contributed by atoms with E-state index in [9.17, 15) is 0 Å². The monoisotopic (exact) mass is 182 g/mol. The SMILES string of the molecule is N#CC1=CN=C(C2=NC(C#N)=CC2)C1. The smallest absolute Gasteiger partial charge is 0.137 e. The molecule has 14 heavy (non-hydrogen) atoms. The Morgan fingerprint density at radius 2 is 2.07 bits per heavy atom. The molecule has 0 bridgehead atoms. The van der Waals surface area contributed by atoms with E-state index in [2.05, 4.69) is 16.1 Å². The lowest BCUT2D eigenvalue weighted by molar-refractivity contribution is 1.37. The van der Waals surface area contributed by atoms with Crippen molar-refractivity contribution < 1.29 is 0 Å². The second-order valence-corrected chi connectivity index (χ2v) is 2.98. The third-order valence-corrected chi connectivity index (χ3v) is 2.07. The standard InChI is InChI=1S/C10H6N4/c11-4-7-3-10(13-6-7)9-2-1-8(5-12)14-9/h1,6H,2-3H2. The van der Waals surface area contributed by atoms with Gasteiger partial charge in [-0.2, -0.15) is 10.5 Å². The highest BCUT2D eigenvalue weighted by atomic mass is 14.8. The summed E-state index contributed by atoms with van der Waals surface area (Å²) in [6.45, 7) is 0. The first-order chi connectivity index (χ1) is 6.83. The van der Waals surface area contributed by atoms with E-state index in [0.717, 1.165) is 11.4 Å². The molecule has 0 aromatic carbocycles. The summed E-state index contributed by atoms with van der Waals surface area (Å²) in [4.78, 5) is 8.20. The Kier molecular flexibility index (Phi) is 1.96. The molecule has 0 fully saturated rings. The number of nitriles is 2. The van der Waals surface area contributed by atoms with Crippen LogP contribution in [0.3, 0.4) is 0 Å². The normalized spacial score (nSPS) is 19.0. The van der Waals surface area contributed by atoms with E-state index in [1.807, 2.05) is 6.07 Å². The highest BCUT2D eigenvalue weighted by molar-refractivity contribution is 6.44. The van der Waals surface area contributed by atoms with E-state index in [-0.39, 0.29) is 0 Å². The Bertz CT molecular complexity index is 477. The van der Waals surface area contributed by atoms with Crippen LogP contribution >= 0.6 is 0 Å².